The van der Waals surface area contributed by atoms with E-state index in [9.17, 15) is 0 Å². The highest BCUT2D eigenvalue weighted by Crippen LogP contribution is 2.25. The number of nitriles is 1. The van der Waals surface area contributed by atoms with Gasteiger partial charge in [0.15, 0.2) is 0 Å². The molecule has 0 aliphatic heterocycles. The second-order valence-electron chi connectivity index (χ2n) is 3.75. The largest absolute Gasteiger partial charge is 0.238 e. The van der Waals surface area contributed by atoms with E-state index in [1.54, 1.807) is 23.1 Å². The summed E-state index contributed by atoms with van der Waals surface area (Å²) in [7, 11) is 0. The fourth-order valence-corrected chi connectivity index (χ4v) is 2.66. The predicted octanol–water partition coefficient (Wildman–Crippen LogP) is 3.57. The summed E-state index contributed by atoms with van der Waals surface area (Å²) in [6.45, 7) is 3.97. The third-order valence-corrected chi connectivity index (χ3v) is 3.94. The SMILES string of the molecule is CC(C)(C#N)CCCSc1nccs1. The van der Waals surface area contributed by atoms with Crippen molar-refractivity contribution in [1.29, 1.82) is 5.26 Å². The van der Waals surface area contributed by atoms with Crippen molar-refractivity contribution in [2.24, 2.45) is 5.41 Å². The van der Waals surface area contributed by atoms with Crippen LogP contribution in [0.15, 0.2) is 15.9 Å². The van der Waals surface area contributed by atoms with Gasteiger partial charge >= 0.3 is 0 Å². The molecule has 0 N–H and O–H groups in total. The zero-order valence-electron chi connectivity index (χ0n) is 8.49. The van der Waals surface area contributed by atoms with Crippen LogP contribution in [0.2, 0.25) is 0 Å². The van der Waals surface area contributed by atoms with Crippen LogP contribution in [0, 0.1) is 16.7 Å². The van der Waals surface area contributed by atoms with Gasteiger partial charge in [0.1, 0.15) is 4.34 Å². The van der Waals surface area contributed by atoms with Gasteiger partial charge in [-0.05, 0) is 26.7 Å². The fraction of sp³-hybridized carbons (Fsp3) is 0.600. The Balaban J connectivity index is 2.15. The van der Waals surface area contributed by atoms with Crippen molar-refractivity contribution in [3.63, 3.8) is 0 Å². The highest BCUT2D eigenvalue weighted by atomic mass is 32.2. The fourth-order valence-electron chi connectivity index (χ4n) is 1.01. The van der Waals surface area contributed by atoms with Crippen molar-refractivity contribution in [1.82, 2.24) is 4.98 Å². The molecule has 4 heteroatoms. The predicted molar refractivity (Wildman–Crippen MR) is 61.5 cm³/mol. The van der Waals surface area contributed by atoms with Crippen LogP contribution in [0.25, 0.3) is 0 Å². The maximum Gasteiger partial charge on any atom is 0.149 e. The number of aromatic nitrogens is 1. The molecule has 0 aromatic carbocycles. The summed E-state index contributed by atoms with van der Waals surface area (Å²) in [6.07, 6.45) is 3.86. The molecule has 0 radical (unpaired) electrons. The normalized spacial score (nSPS) is 11.2. The van der Waals surface area contributed by atoms with E-state index in [0.717, 1.165) is 22.9 Å². The smallest absolute Gasteiger partial charge is 0.149 e. The molecule has 0 fully saturated rings. The third kappa shape index (κ3) is 4.12. The minimum atomic E-state index is -0.177. The molecule has 0 saturated heterocycles. The highest BCUT2D eigenvalue weighted by molar-refractivity contribution is 8.00. The molecule has 0 aliphatic carbocycles. The van der Waals surface area contributed by atoms with Crippen LogP contribution in [0.4, 0.5) is 0 Å². The van der Waals surface area contributed by atoms with E-state index < -0.39 is 0 Å². The molecule has 0 saturated carbocycles. The Labute approximate surface area is 93.4 Å². The van der Waals surface area contributed by atoms with Crippen LogP contribution in [0.5, 0.6) is 0 Å². The molecular formula is C10H14N2S2. The topological polar surface area (TPSA) is 36.7 Å². The molecule has 1 aromatic heterocycles. The summed E-state index contributed by atoms with van der Waals surface area (Å²) < 4.78 is 1.12. The first-order valence-corrected chi connectivity index (χ1v) is 6.44. The van der Waals surface area contributed by atoms with Crippen molar-refractivity contribution in [2.45, 2.75) is 31.0 Å². The zero-order valence-corrected chi connectivity index (χ0v) is 10.1. The van der Waals surface area contributed by atoms with E-state index in [1.165, 1.54) is 0 Å². The quantitative estimate of drug-likeness (QED) is 0.569. The molecule has 1 aromatic rings. The van der Waals surface area contributed by atoms with E-state index in [1.807, 2.05) is 25.4 Å². The number of nitrogens with zero attached hydrogens (tertiary/aromatic N) is 2. The van der Waals surface area contributed by atoms with Crippen LogP contribution in [0.1, 0.15) is 26.7 Å². The van der Waals surface area contributed by atoms with E-state index in [2.05, 4.69) is 11.1 Å². The summed E-state index contributed by atoms with van der Waals surface area (Å²) in [5, 5.41) is 10.8. The van der Waals surface area contributed by atoms with Gasteiger partial charge in [-0.25, -0.2) is 4.98 Å². The Morgan fingerprint density at radius 3 is 3.00 bits per heavy atom. The molecule has 0 unspecified atom stereocenters. The average Bonchev–Trinajstić information content (AvgIpc) is 2.65. The Bertz CT molecular complexity index is 298. The molecule has 1 rings (SSSR count). The lowest BCUT2D eigenvalue weighted by atomic mass is 9.90. The lowest BCUT2D eigenvalue weighted by molar-refractivity contribution is 0.448. The van der Waals surface area contributed by atoms with Crippen molar-refractivity contribution < 1.29 is 0 Å². The lowest BCUT2D eigenvalue weighted by Crippen LogP contribution is -2.07. The molecule has 0 amide bonds. The minimum absolute atomic E-state index is 0.177. The number of thioether (sulfide) groups is 1. The second kappa shape index (κ2) is 5.38. The molecule has 2 nitrogen and oxygen atoms in total. The van der Waals surface area contributed by atoms with E-state index in [0.29, 0.717) is 0 Å². The molecule has 76 valence electrons. The molecule has 14 heavy (non-hydrogen) atoms. The highest BCUT2D eigenvalue weighted by Gasteiger charge is 2.15. The first-order chi connectivity index (χ1) is 6.64. The van der Waals surface area contributed by atoms with Crippen LogP contribution in [-0.2, 0) is 0 Å². The Kier molecular flexibility index (Phi) is 4.43. The lowest BCUT2D eigenvalue weighted by Gasteiger charge is -2.13. The minimum Gasteiger partial charge on any atom is -0.238 e. The van der Waals surface area contributed by atoms with Gasteiger partial charge in [0.2, 0.25) is 0 Å². The van der Waals surface area contributed by atoms with Crippen molar-refractivity contribution in [3.8, 4) is 6.07 Å². The van der Waals surface area contributed by atoms with E-state index in [-0.39, 0.29) is 5.41 Å². The number of thiazole rings is 1. The summed E-state index contributed by atoms with van der Waals surface area (Å²) >= 11 is 3.45. The summed E-state index contributed by atoms with van der Waals surface area (Å²) in [6, 6.07) is 2.31. The van der Waals surface area contributed by atoms with Crippen LogP contribution >= 0.6 is 23.1 Å². The summed E-state index contributed by atoms with van der Waals surface area (Å²) in [5.74, 6) is 1.05. The number of hydrogen-bond acceptors (Lipinski definition) is 4. The van der Waals surface area contributed by atoms with Gasteiger partial charge < -0.3 is 0 Å². The molecule has 0 atom stereocenters. The van der Waals surface area contributed by atoms with Gasteiger partial charge in [0.25, 0.3) is 0 Å². The van der Waals surface area contributed by atoms with Gasteiger partial charge in [0, 0.05) is 17.3 Å². The first kappa shape index (κ1) is 11.5. The van der Waals surface area contributed by atoms with E-state index >= 15 is 0 Å². The molecular weight excluding hydrogens is 212 g/mol. The number of rotatable bonds is 5. The summed E-state index contributed by atoms with van der Waals surface area (Å²) in [5.41, 5.74) is -0.177. The van der Waals surface area contributed by atoms with Crippen molar-refractivity contribution >= 4 is 23.1 Å². The second-order valence-corrected chi connectivity index (χ2v) is 5.98. The van der Waals surface area contributed by atoms with Crippen LogP contribution in [0.3, 0.4) is 0 Å². The molecule has 1 heterocycles. The Morgan fingerprint density at radius 2 is 2.43 bits per heavy atom. The maximum atomic E-state index is 8.81. The van der Waals surface area contributed by atoms with Gasteiger partial charge in [-0.1, -0.05) is 11.8 Å². The van der Waals surface area contributed by atoms with E-state index in [4.69, 9.17) is 5.26 Å². The van der Waals surface area contributed by atoms with Gasteiger partial charge in [-0.3, -0.25) is 0 Å². The number of hydrogen-bond donors (Lipinski definition) is 0. The molecule has 0 spiro atoms. The van der Waals surface area contributed by atoms with Gasteiger partial charge in [-0.2, -0.15) is 5.26 Å². The van der Waals surface area contributed by atoms with Crippen LogP contribution < -0.4 is 0 Å². The molecule has 0 aliphatic rings. The Morgan fingerprint density at radius 1 is 1.64 bits per heavy atom. The first-order valence-electron chi connectivity index (χ1n) is 4.57. The average molecular weight is 226 g/mol. The Hall–Kier alpha value is -0.530. The van der Waals surface area contributed by atoms with Gasteiger partial charge in [-0.15, -0.1) is 11.3 Å². The maximum absolute atomic E-state index is 8.81. The zero-order chi connectivity index (χ0) is 10.4. The standard InChI is InChI=1S/C10H14N2S2/c1-10(2,8-11)4-3-6-13-9-12-5-7-14-9/h5,7H,3-4,6H2,1-2H3. The van der Waals surface area contributed by atoms with Crippen molar-refractivity contribution in [3.05, 3.63) is 11.6 Å². The van der Waals surface area contributed by atoms with Crippen molar-refractivity contribution in [2.75, 3.05) is 5.75 Å². The molecule has 0 bridgehead atoms. The summed E-state index contributed by atoms with van der Waals surface area (Å²) in [4.78, 5) is 4.19. The van der Waals surface area contributed by atoms with Crippen LogP contribution in [-0.4, -0.2) is 10.7 Å². The third-order valence-electron chi connectivity index (χ3n) is 1.88. The van der Waals surface area contributed by atoms with Gasteiger partial charge in [0.05, 0.1) is 11.5 Å². The monoisotopic (exact) mass is 226 g/mol.